The molecule has 0 fully saturated rings. The summed E-state index contributed by atoms with van der Waals surface area (Å²) in [4.78, 5) is 26.9. The quantitative estimate of drug-likeness (QED) is 0.232. The fourth-order valence-electron chi connectivity index (χ4n) is 2.41. The molecule has 0 aromatic heterocycles. The van der Waals surface area contributed by atoms with E-state index in [0.717, 1.165) is 6.26 Å². The molecule has 0 unspecified atom stereocenters. The number of hydrogen-bond donors (Lipinski definition) is 1. The van der Waals surface area contributed by atoms with Crippen molar-refractivity contribution in [2.75, 3.05) is 12.9 Å². The number of esters is 1. The zero-order valence-electron chi connectivity index (χ0n) is 15.8. The van der Waals surface area contributed by atoms with Crippen molar-refractivity contribution >= 4 is 22.2 Å². The van der Waals surface area contributed by atoms with Crippen LogP contribution in [0.25, 0.3) is 10.4 Å². The summed E-state index contributed by atoms with van der Waals surface area (Å²) in [5, 5.41) is 5.97. The number of carbonyl (C=O) groups excluding carboxylic acids is 2. The second-order valence-electron chi connectivity index (χ2n) is 6.83. The summed E-state index contributed by atoms with van der Waals surface area (Å²) >= 11 is 0. The molecule has 0 aromatic rings. The number of rotatable bonds is 6. The zero-order chi connectivity index (χ0) is 20.8. The third kappa shape index (κ3) is 7.85. The van der Waals surface area contributed by atoms with Crippen LogP contribution < -0.4 is 5.32 Å². The molecule has 0 spiro atoms. The molecule has 1 aliphatic carbocycles. The number of nitrogens with one attached hydrogen (secondary N) is 1. The van der Waals surface area contributed by atoms with Gasteiger partial charge in [-0.25, -0.2) is 9.59 Å². The van der Waals surface area contributed by atoms with Crippen LogP contribution in [0.15, 0.2) is 16.8 Å². The second kappa shape index (κ2) is 9.07. The number of amides is 1. The van der Waals surface area contributed by atoms with E-state index in [4.69, 9.17) is 19.2 Å². The van der Waals surface area contributed by atoms with Gasteiger partial charge >= 0.3 is 12.1 Å². The Bertz CT molecular complexity index is 751. The molecule has 1 amide bonds. The van der Waals surface area contributed by atoms with Crippen LogP contribution in [0, 0.1) is 0 Å². The van der Waals surface area contributed by atoms with Crippen molar-refractivity contribution in [1.29, 1.82) is 0 Å². The first-order chi connectivity index (χ1) is 12.4. The van der Waals surface area contributed by atoms with Crippen LogP contribution in [0.3, 0.4) is 0 Å². The number of nitrogens with zero attached hydrogens (tertiary/aromatic N) is 3. The number of carbonyl (C=O) groups is 2. The summed E-state index contributed by atoms with van der Waals surface area (Å²) in [7, 11) is -3.95. The van der Waals surface area contributed by atoms with Gasteiger partial charge in [0, 0.05) is 16.9 Å². The molecule has 0 saturated heterocycles. The van der Waals surface area contributed by atoms with Crippen molar-refractivity contribution in [3.63, 3.8) is 0 Å². The molecule has 0 bridgehead atoms. The van der Waals surface area contributed by atoms with Gasteiger partial charge in [0.2, 0.25) is 0 Å². The number of azide groups is 1. The van der Waals surface area contributed by atoms with Gasteiger partial charge in [0.1, 0.15) is 11.7 Å². The average Bonchev–Trinajstić information content (AvgIpc) is 2.47. The fourth-order valence-corrected chi connectivity index (χ4v) is 3.06. The molecule has 12 heteroatoms. The SMILES string of the molecule is CCOC(=O)C1=C[C@H](N=[N+]=[N-])[C@@H](OS(C)(=O)=O)[C@@H](NC(=O)OC(C)(C)C)C1. The minimum absolute atomic E-state index is 0.0876. The monoisotopic (exact) mass is 404 g/mol. The molecular weight excluding hydrogens is 380 g/mol. The summed E-state index contributed by atoms with van der Waals surface area (Å²) in [6, 6.07) is -2.16. The number of alkyl carbamates (subject to hydrolysis) is 1. The van der Waals surface area contributed by atoms with Crippen LogP contribution in [-0.4, -0.2) is 57.1 Å². The summed E-state index contributed by atoms with van der Waals surface area (Å²) in [5.74, 6) is -0.663. The Morgan fingerprint density at radius 2 is 2.04 bits per heavy atom. The maximum absolute atomic E-state index is 12.1. The standard InChI is InChI=1S/C15H24N4O7S/c1-6-24-13(20)9-7-10(17-14(21)25-15(2,3)4)12(26-27(5,22)23)11(8-9)18-19-16/h8,10-12H,6-7H2,1-5H3,(H,17,21)/t10-,11-,12-/m0/s1. The first-order valence-corrected chi connectivity index (χ1v) is 9.97. The minimum atomic E-state index is -3.95. The van der Waals surface area contributed by atoms with E-state index >= 15 is 0 Å². The van der Waals surface area contributed by atoms with Crippen LogP contribution in [0.4, 0.5) is 4.79 Å². The molecule has 0 aromatic carbocycles. The maximum Gasteiger partial charge on any atom is 0.407 e. The van der Waals surface area contributed by atoms with Crippen molar-refractivity contribution < 1.29 is 31.7 Å². The van der Waals surface area contributed by atoms with Crippen LogP contribution in [0.5, 0.6) is 0 Å². The van der Waals surface area contributed by atoms with E-state index in [-0.39, 0.29) is 18.6 Å². The van der Waals surface area contributed by atoms with Gasteiger partial charge in [0.05, 0.1) is 24.9 Å². The van der Waals surface area contributed by atoms with E-state index in [0.29, 0.717) is 0 Å². The molecule has 0 heterocycles. The third-order valence-corrected chi connectivity index (χ3v) is 3.83. The molecule has 11 nitrogen and oxygen atoms in total. The highest BCUT2D eigenvalue weighted by atomic mass is 32.2. The van der Waals surface area contributed by atoms with E-state index in [1.54, 1.807) is 27.7 Å². The average molecular weight is 404 g/mol. The first-order valence-electron chi connectivity index (χ1n) is 8.16. The molecular formula is C15H24N4O7S. The van der Waals surface area contributed by atoms with E-state index < -0.39 is 46.0 Å². The van der Waals surface area contributed by atoms with Gasteiger partial charge < -0.3 is 14.8 Å². The lowest BCUT2D eigenvalue weighted by Gasteiger charge is -2.34. The Hall–Kier alpha value is -2.30. The molecule has 0 aliphatic heterocycles. The van der Waals surface area contributed by atoms with Gasteiger partial charge in [0.15, 0.2) is 0 Å². The number of hydrogen-bond acceptors (Lipinski definition) is 8. The zero-order valence-corrected chi connectivity index (χ0v) is 16.6. The van der Waals surface area contributed by atoms with Gasteiger partial charge in [-0.3, -0.25) is 4.18 Å². The topological polar surface area (TPSA) is 157 Å². The molecule has 152 valence electrons. The molecule has 27 heavy (non-hydrogen) atoms. The maximum atomic E-state index is 12.1. The van der Waals surface area contributed by atoms with E-state index in [1.807, 2.05) is 0 Å². The third-order valence-electron chi connectivity index (χ3n) is 3.26. The Morgan fingerprint density at radius 3 is 2.52 bits per heavy atom. The van der Waals surface area contributed by atoms with Gasteiger partial charge in [-0.05, 0) is 33.2 Å². The van der Waals surface area contributed by atoms with Crippen molar-refractivity contribution in [3.05, 3.63) is 22.1 Å². The molecule has 1 rings (SSSR count). The molecule has 0 radical (unpaired) electrons. The van der Waals surface area contributed by atoms with E-state index in [9.17, 15) is 18.0 Å². The Balaban J connectivity index is 3.23. The highest BCUT2D eigenvalue weighted by Crippen LogP contribution is 2.27. The largest absolute Gasteiger partial charge is 0.463 e. The minimum Gasteiger partial charge on any atom is -0.463 e. The molecule has 0 saturated carbocycles. The Kier molecular flexibility index (Phi) is 7.64. The number of ether oxygens (including phenoxy) is 2. The predicted molar refractivity (Wildman–Crippen MR) is 95.1 cm³/mol. The van der Waals surface area contributed by atoms with Crippen LogP contribution in [-0.2, 0) is 28.6 Å². The second-order valence-corrected chi connectivity index (χ2v) is 8.43. The van der Waals surface area contributed by atoms with E-state index in [2.05, 4.69) is 15.3 Å². The van der Waals surface area contributed by atoms with Gasteiger partial charge in [-0.2, -0.15) is 8.42 Å². The lowest BCUT2D eigenvalue weighted by Crippen LogP contribution is -2.53. The lowest BCUT2D eigenvalue weighted by atomic mass is 9.89. The van der Waals surface area contributed by atoms with Crippen molar-refractivity contribution in [3.8, 4) is 0 Å². The predicted octanol–water partition coefficient (Wildman–Crippen LogP) is 1.80. The summed E-state index contributed by atoms with van der Waals surface area (Å²) in [6.45, 7) is 6.72. The normalized spacial score (nSPS) is 22.9. The highest BCUT2D eigenvalue weighted by molar-refractivity contribution is 7.86. The molecule has 1 N–H and O–H groups in total. The summed E-state index contributed by atoms with van der Waals surface area (Å²) in [6.07, 6.45) is -0.0628. The first kappa shape index (κ1) is 22.7. The van der Waals surface area contributed by atoms with Crippen molar-refractivity contribution in [2.45, 2.75) is 57.9 Å². The van der Waals surface area contributed by atoms with Crippen LogP contribution >= 0.6 is 0 Å². The Labute approximate surface area is 157 Å². The van der Waals surface area contributed by atoms with Crippen LogP contribution in [0.1, 0.15) is 34.1 Å². The molecule has 1 aliphatic rings. The smallest absolute Gasteiger partial charge is 0.407 e. The summed E-state index contributed by atoms with van der Waals surface area (Å²) < 4.78 is 38.3. The van der Waals surface area contributed by atoms with Crippen molar-refractivity contribution in [1.82, 2.24) is 5.32 Å². The van der Waals surface area contributed by atoms with Gasteiger partial charge in [-0.15, -0.1) is 0 Å². The van der Waals surface area contributed by atoms with Gasteiger partial charge in [0.25, 0.3) is 10.1 Å². The van der Waals surface area contributed by atoms with E-state index in [1.165, 1.54) is 6.08 Å². The highest BCUT2D eigenvalue weighted by Gasteiger charge is 2.39. The van der Waals surface area contributed by atoms with Crippen molar-refractivity contribution in [2.24, 2.45) is 5.11 Å². The fraction of sp³-hybridized carbons (Fsp3) is 0.733. The summed E-state index contributed by atoms with van der Waals surface area (Å²) in [5.41, 5.74) is 8.11. The van der Waals surface area contributed by atoms with Gasteiger partial charge in [-0.1, -0.05) is 11.2 Å². The Morgan fingerprint density at radius 1 is 1.41 bits per heavy atom. The molecule has 3 atom stereocenters. The van der Waals surface area contributed by atoms with Crippen LogP contribution in [0.2, 0.25) is 0 Å². The lowest BCUT2D eigenvalue weighted by molar-refractivity contribution is -0.139.